The van der Waals surface area contributed by atoms with Gasteiger partial charge in [0.15, 0.2) is 0 Å². The molecule has 106 valence electrons. The summed E-state index contributed by atoms with van der Waals surface area (Å²) in [5, 5.41) is 12.7. The first-order valence-corrected chi connectivity index (χ1v) is 7.21. The Kier molecular flexibility index (Phi) is 4.83. The van der Waals surface area contributed by atoms with E-state index >= 15 is 0 Å². The molecule has 0 spiro atoms. The van der Waals surface area contributed by atoms with E-state index in [4.69, 9.17) is 4.74 Å². The van der Waals surface area contributed by atoms with E-state index in [-0.39, 0.29) is 12.1 Å². The van der Waals surface area contributed by atoms with Crippen LogP contribution in [0.15, 0.2) is 24.3 Å². The van der Waals surface area contributed by atoms with Gasteiger partial charge in [-0.2, -0.15) is 0 Å². The summed E-state index contributed by atoms with van der Waals surface area (Å²) in [5.41, 5.74) is 1.24. The van der Waals surface area contributed by atoms with Gasteiger partial charge < -0.3 is 15.2 Å². The highest BCUT2D eigenvalue weighted by atomic mass is 16.5. The molecule has 1 aromatic carbocycles. The zero-order valence-electron chi connectivity index (χ0n) is 12.0. The van der Waals surface area contributed by atoms with Crippen LogP contribution in [-0.4, -0.2) is 23.9 Å². The second-order valence-corrected chi connectivity index (χ2v) is 5.97. The number of benzene rings is 1. The van der Waals surface area contributed by atoms with E-state index in [0.29, 0.717) is 5.92 Å². The van der Waals surface area contributed by atoms with Crippen LogP contribution in [0.1, 0.15) is 38.7 Å². The Labute approximate surface area is 116 Å². The van der Waals surface area contributed by atoms with Crippen LogP contribution < -0.4 is 10.1 Å². The number of hydrogen-bond acceptors (Lipinski definition) is 3. The third-order valence-electron chi connectivity index (χ3n) is 3.71. The zero-order valence-corrected chi connectivity index (χ0v) is 12.0. The largest absolute Gasteiger partial charge is 0.494 e. The Bertz CT molecular complexity index is 382. The van der Waals surface area contributed by atoms with Crippen molar-refractivity contribution in [2.45, 2.75) is 45.2 Å². The van der Waals surface area contributed by atoms with Crippen molar-refractivity contribution in [1.82, 2.24) is 5.32 Å². The number of aliphatic hydroxyl groups is 1. The van der Waals surface area contributed by atoms with Crippen molar-refractivity contribution >= 4 is 0 Å². The highest BCUT2D eigenvalue weighted by Gasteiger charge is 2.41. The predicted molar refractivity (Wildman–Crippen MR) is 77.3 cm³/mol. The Morgan fingerprint density at radius 3 is 2.47 bits per heavy atom. The monoisotopic (exact) mass is 263 g/mol. The van der Waals surface area contributed by atoms with Gasteiger partial charge in [0, 0.05) is 12.1 Å². The minimum Gasteiger partial charge on any atom is -0.494 e. The van der Waals surface area contributed by atoms with Crippen LogP contribution in [0.25, 0.3) is 0 Å². The quantitative estimate of drug-likeness (QED) is 0.758. The molecule has 3 heteroatoms. The first kappa shape index (κ1) is 14.4. The maximum absolute atomic E-state index is 9.24. The van der Waals surface area contributed by atoms with Gasteiger partial charge in [-0.1, -0.05) is 26.0 Å². The Hall–Kier alpha value is -1.06. The van der Waals surface area contributed by atoms with Gasteiger partial charge in [0.05, 0.1) is 13.2 Å². The molecule has 0 unspecified atom stereocenters. The maximum Gasteiger partial charge on any atom is 0.119 e. The van der Waals surface area contributed by atoms with Gasteiger partial charge >= 0.3 is 0 Å². The van der Waals surface area contributed by atoms with Gasteiger partial charge in [-0.05, 0) is 42.9 Å². The first-order chi connectivity index (χ1) is 9.13. The van der Waals surface area contributed by atoms with E-state index < -0.39 is 0 Å². The third kappa shape index (κ3) is 4.51. The lowest BCUT2D eigenvalue weighted by Gasteiger charge is -2.14. The van der Waals surface area contributed by atoms with Crippen LogP contribution in [0.5, 0.6) is 5.75 Å². The Morgan fingerprint density at radius 2 is 1.95 bits per heavy atom. The maximum atomic E-state index is 9.24. The summed E-state index contributed by atoms with van der Waals surface area (Å²) in [5.74, 6) is 1.62. The molecule has 0 atom stereocenters. The molecule has 0 aliphatic heterocycles. The molecule has 1 aliphatic rings. The van der Waals surface area contributed by atoms with Crippen LogP contribution in [0.3, 0.4) is 0 Å². The van der Waals surface area contributed by atoms with Crippen LogP contribution in [0.2, 0.25) is 0 Å². The minimum atomic E-state index is 0.00638. The van der Waals surface area contributed by atoms with Gasteiger partial charge in [-0.15, -0.1) is 0 Å². The molecule has 2 rings (SSSR count). The summed E-state index contributed by atoms with van der Waals surface area (Å²) in [6.45, 7) is 6.24. The topological polar surface area (TPSA) is 41.5 Å². The summed E-state index contributed by atoms with van der Waals surface area (Å²) in [4.78, 5) is 0. The van der Waals surface area contributed by atoms with Crippen molar-refractivity contribution < 1.29 is 9.84 Å². The van der Waals surface area contributed by atoms with Gasteiger partial charge in [0.25, 0.3) is 0 Å². The average molecular weight is 263 g/mol. The van der Waals surface area contributed by atoms with Crippen LogP contribution in [0.4, 0.5) is 0 Å². The first-order valence-electron chi connectivity index (χ1n) is 7.21. The molecule has 1 fully saturated rings. The summed E-state index contributed by atoms with van der Waals surface area (Å²) in [6.07, 6.45) is 3.25. The molecule has 0 amide bonds. The average Bonchev–Trinajstić information content (AvgIpc) is 3.18. The molecule has 1 aliphatic carbocycles. The van der Waals surface area contributed by atoms with E-state index in [9.17, 15) is 5.11 Å². The summed E-state index contributed by atoms with van der Waals surface area (Å²) >= 11 is 0. The molecule has 1 aromatic rings. The van der Waals surface area contributed by atoms with E-state index in [1.54, 1.807) is 0 Å². The third-order valence-corrected chi connectivity index (χ3v) is 3.71. The van der Waals surface area contributed by atoms with Gasteiger partial charge in [0.1, 0.15) is 5.75 Å². The van der Waals surface area contributed by atoms with Crippen molar-refractivity contribution in [2.75, 3.05) is 13.2 Å². The van der Waals surface area contributed by atoms with Crippen molar-refractivity contribution in [1.29, 1.82) is 0 Å². The summed E-state index contributed by atoms with van der Waals surface area (Å²) in [6, 6.07) is 8.22. The van der Waals surface area contributed by atoms with E-state index in [1.807, 2.05) is 12.1 Å². The minimum absolute atomic E-state index is 0.00638. The summed E-state index contributed by atoms with van der Waals surface area (Å²) < 4.78 is 5.69. The molecule has 0 saturated heterocycles. The predicted octanol–water partition coefficient (Wildman–Crippen LogP) is 2.73. The lowest BCUT2D eigenvalue weighted by atomic mass is 10.1. The SMILES string of the molecule is CC(C)CCOc1ccc(CNC2(CO)CC2)cc1. The number of hydrogen-bond donors (Lipinski definition) is 2. The lowest BCUT2D eigenvalue weighted by Crippen LogP contribution is -2.34. The smallest absolute Gasteiger partial charge is 0.119 e. The van der Waals surface area contributed by atoms with Gasteiger partial charge in [-0.3, -0.25) is 0 Å². The van der Waals surface area contributed by atoms with Crippen LogP contribution in [-0.2, 0) is 6.54 Å². The fourth-order valence-corrected chi connectivity index (χ4v) is 1.95. The number of aliphatic hydroxyl groups excluding tert-OH is 1. The molecular formula is C16H25NO2. The Balaban J connectivity index is 1.75. The Morgan fingerprint density at radius 1 is 1.26 bits per heavy atom. The van der Waals surface area contributed by atoms with Gasteiger partial charge in [-0.25, -0.2) is 0 Å². The van der Waals surface area contributed by atoms with E-state index in [1.165, 1.54) is 5.56 Å². The van der Waals surface area contributed by atoms with E-state index in [2.05, 4.69) is 31.3 Å². The fourth-order valence-electron chi connectivity index (χ4n) is 1.95. The molecule has 0 aromatic heterocycles. The normalized spacial score (nSPS) is 16.6. The van der Waals surface area contributed by atoms with Crippen molar-refractivity contribution in [3.63, 3.8) is 0 Å². The van der Waals surface area contributed by atoms with Crippen LogP contribution in [0, 0.1) is 5.92 Å². The van der Waals surface area contributed by atoms with Crippen LogP contribution >= 0.6 is 0 Å². The van der Waals surface area contributed by atoms with Crippen molar-refractivity contribution in [2.24, 2.45) is 5.92 Å². The highest BCUT2D eigenvalue weighted by Crippen LogP contribution is 2.34. The molecule has 1 saturated carbocycles. The number of nitrogens with one attached hydrogen (secondary N) is 1. The van der Waals surface area contributed by atoms with E-state index in [0.717, 1.165) is 38.2 Å². The van der Waals surface area contributed by atoms with Gasteiger partial charge in [0.2, 0.25) is 0 Å². The highest BCUT2D eigenvalue weighted by molar-refractivity contribution is 5.27. The standard InChI is InChI=1S/C16H25NO2/c1-13(2)7-10-19-15-5-3-14(4-6-15)11-17-16(12-18)8-9-16/h3-6,13,17-18H,7-12H2,1-2H3. The zero-order chi connectivity index (χ0) is 13.7. The lowest BCUT2D eigenvalue weighted by molar-refractivity contribution is 0.229. The van der Waals surface area contributed by atoms with Crippen molar-refractivity contribution in [3.05, 3.63) is 29.8 Å². The number of rotatable bonds is 8. The fraction of sp³-hybridized carbons (Fsp3) is 0.625. The molecule has 0 radical (unpaired) electrons. The van der Waals surface area contributed by atoms with Crippen molar-refractivity contribution in [3.8, 4) is 5.75 Å². The second kappa shape index (κ2) is 6.40. The second-order valence-electron chi connectivity index (χ2n) is 5.97. The molecular weight excluding hydrogens is 238 g/mol. The molecule has 2 N–H and O–H groups in total. The molecule has 19 heavy (non-hydrogen) atoms. The molecule has 0 heterocycles. The summed E-state index contributed by atoms with van der Waals surface area (Å²) in [7, 11) is 0. The molecule has 3 nitrogen and oxygen atoms in total. The number of ether oxygens (including phenoxy) is 1. The molecule has 0 bridgehead atoms.